The Kier molecular flexibility index (Phi) is 7.03. The smallest absolute Gasteiger partial charge is 0.410 e. The first-order valence-electron chi connectivity index (χ1n) is 9.54. The number of amides is 1. The van der Waals surface area contributed by atoms with Gasteiger partial charge in [0.25, 0.3) is 0 Å². The summed E-state index contributed by atoms with van der Waals surface area (Å²) in [6, 6.07) is 17.0. The van der Waals surface area contributed by atoms with E-state index in [0.717, 1.165) is 18.5 Å². The van der Waals surface area contributed by atoms with Gasteiger partial charge in [-0.15, -0.1) is 0 Å². The van der Waals surface area contributed by atoms with Gasteiger partial charge in [-0.3, -0.25) is 4.79 Å². The standard InChI is InChI=1S/C22H26N2O4/c1-17(25)19-8-5-9-21(14-19)27-13-10-20-15-24(12-11-23-20)22(26)28-16-18-6-3-2-4-7-18/h2-9,14,20,23H,10-13,15-16H2,1H3/t20-/m1/s1. The highest BCUT2D eigenvalue weighted by Crippen LogP contribution is 2.15. The van der Waals surface area contributed by atoms with Crippen molar-refractivity contribution in [2.24, 2.45) is 0 Å². The van der Waals surface area contributed by atoms with Gasteiger partial charge in [0.2, 0.25) is 0 Å². The van der Waals surface area contributed by atoms with Gasteiger partial charge in [0.05, 0.1) is 6.61 Å². The van der Waals surface area contributed by atoms with Gasteiger partial charge >= 0.3 is 6.09 Å². The number of carbonyl (C=O) groups is 2. The summed E-state index contributed by atoms with van der Waals surface area (Å²) in [6.45, 7) is 4.27. The third-order valence-corrected chi connectivity index (χ3v) is 4.69. The van der Waals surface area contributed by atoms with Crippen molar-refractivity contribution < 1.29 is 19.1 Å². The monoisotopic (exact) mass is 382 g/mol. The van der Waals surface area contributed by atoms with Crippen LogP contribution in [-0.4, -0.2) is 49.1 Å². The molecule has 0 radical (unpaired) electrons. The zero-order valence-corrected chi connectivity index (χ0v) is 16.1. The number of nitrogens with one attached hydrogen (secondary N) is 1. The Bertz CT molecular complexity index is 794. The van der Waals surface area contributed by atoms with E-state index in [1.54, 1.807) is 17.0 Å². The highest BCUT2D eigenvalue weighted by molar-refractivity contribution is 5.94. The Labute approximate surface area is 165 Å². The van der Waals surface area contributed by atoms with Crippen molar-refractivity contribution in [3.63, 3.8) is 0 Å². The van der Waals surface area contributed by atoms with Crippen molar-refractivity contribution in [3.05, 3.63) is 65.7 Å². The van der Waals surface area contributed by atoms with Crippen molar-refractivity contribution in [2.45, 2.75) is 26.0 Å². The fraction of sp³-hybridized carbons (Fsp3) is 0.364. The van der Waals surface area contributed by atoms with Gasteiger partial charge in [0.15, 0.2) is 5.78 Å². The summed E-state index contributed by atoms with van der Waals surface area (Å²) in [4.78, 5) is 25.5. The second kappa shape index (κ2) is 9.90. The first kappa shape index (κ1) is 19.9. The molecule has 3 rings (SSSR count). The minimum absolute atomic E-state index is 0.0176. The maximum atomic E-state index is 12.3. The molecule has 1 atom stereocenters. The van der Waals surface area contributed by atoms with E-state index in [-0.39, 0.29) is 24.5 Å². The summed E-state index contributed by atoms with van der Waals surface area (Å²) in [6.07, 6.45) is 0.470. The summed E-state index contributed by atoms with van der Waals surface area (Å²) >= 11 is 0. The van der Waals surface area contributed by atoms with Gasteiger partial charge in [0, 0.05) is 31.2 Å². The molecule has 2 aromatic carbocycles. The summed E-state index contributed by atoms with van der Waals surface area (Å²) in [7, 11) is 0. The van der Waals surface area contributed by atoms with E-state index in [4.69, 9.17) is 9.47 Å². The van der Waals surface area contributed by atoms with Crippen molar-refractivity contribution >= 4 is 11.9 Å². The molecule has 1 fully saturated rings. The van der Waals surface area contributed by atoms with Crippen molar-refractivity contribution in [1.29, 1.82) is 0 Å². The summed E-state index contributed by atoms with van der Waals surface area (Å²) in [5.74, 6) is 0.701. The Balaban J connectivity index is 1.42. The van der Waals surface area contributed by atoms with Crippen LogP contribution < -0.4 is 10.1 Å². The number of hydrogen-bond donors (Lipinski definition) is 1. The van der Waals surface area contributed by atoms with Crippen LogP contribution in [0, 0.1) is 0 Å². The quantitative estimate of drug-likeness (QED) is 0.745. The van der Waals surface area contributed by atoms with Crippen LogP contribution in [0.5, 0.6) is 5.75 Å². The van der Waals surface area contributed by atoms with Crippen LogP contribution in [0.2, 0.25) is 0 Å². The first-order valence-corrected chi connectivity index (χ1v) is 9.54. The van der Waals surface area contributed by atoms with Crippen LogP contribution in [0.4, 0.5) is 4.79 Å². The molecule has 1 heterocycles. The molecule has 1 aliphatic heterocycles. The van der Waals surface area contributed by atoms with E-state index in [1.807, 2.05) is 42.5 Å². The van der Waals surface area contributed by atoms with E-state index in [9.17, 15) is 9.59 Å². The first-order chi connectivity index (χ1) is 13.6. The van der Waals surface area contributed by atoms with E-state index in [1.165, 1.54) is 6.92 Å². The summed E-state index contributed by atoms with van der Waals surface area (Å²) < 4.78 is 11.2. The van der Waals surface area contributed by atoms with Gasteiger partial charge in [0.1, 0.15) is 12.4 Å². The Morgan fingerprint density at radius 2 is 1.96 bits per heavy atom. The minimum Gasteiger partial charge on any atom is -0.494 e. The number of ether oxygens (including phenoxy) is 2. The van der Waals surface area contributed by atoms with Crippen LogP contribution in [0.1, 0.15) is 29.3 Å². The molecular formula is C22H26N2O4. The SMILES string of the molecule is CC(=O)c1cccc(OCC[C@@H]2CN(C(=O)OCc3ccccc3)CCN2)c1. The van der Waals surface area contributed by atoms with Crippen LogP contribution >= 0.6 is 0 Å². The largest absolute Gasteiger partial charge is 0.494 e. The molecule has 0 saturated carbocycles. The fourth-order valence-corrected chi connectivity index (χ4v) is 3.12. The van der Waals surface area contributed by atoms with E-state index < -0.39 is 0 Å². The average molecular weight is 382 g/mol. The highest BCUT2D eigenvalue weighted by Gasteiger charge is 2.24. The Morgan fingerprint density at radius 3 is 2.75 bits per heavy atom. The van der Waals surface area contributed by atoms with Gasteiger partial charge in [-0.05, 0) is 31.0 Å². The molecule has 1 aliphatic rings. The molecule has 148 valence electrons. The number of piperazine rings is 1. The number of rotatable bonds is 7. The molecule has 0 bridgehead atoms. The normalized spacial score (nSPS) is 16.5. The molecule has 28 heavy (non-hydrogen) atoms. The topological polar surface area (TPSA) is 67.9 Å². The van der Waals surface area contributed by atoms with Crippen LogP contribution in [0.15, 0.2) is 54.6 Å². The van der Waals surface area contributed by atoms with Gasteiger partial charge < -0.3 is 19.7 Å². The van der Waals surface area contributed by atoms with Crippen LogP contribution in [-0.2, 0) is 11.3 Å². The zero-order chi connectivity index (χ0) is 19.8. The molecule has 0 spiro atoms. The maximum Gasteiger partial charge on any atom is 0.410 e. The lowest BCUT2D eigenvalue weighted by molar-refractivity contribution is 0.0827. The second-order valence-electron chi connectivity index (χ2n) is 6.86. The van der Waals surface area contributed by atoms with E-state index in [2.05, 4.69) is 5.32 Å². The van der Waals surface area contributed by atoms with E-state index in [0.29, 0.717) is 31.0 Å². The predicted octanol–water partition coefficient (Wildman–Crippen LogP) is 3.27. The molecule has 0 aliphatic carbocycles. The average Bonchev–Trinajstić information content (AvgIpc) is 2.73. The predicted molar refractivity (Wildman–Crippen MR) is 107 cm³/mol. The van der Waals surface area contributed by atoms with Crippen molar-refractivity contribution in [3.8, 4) is 5.75 Å². The number of ketones is 1. The minimum atomic E-state index is -0.287. The third-order valence-electron chi connectivity index (χ3n) is 4.69. The lowest BCUT2D eigenvalue weighted by atomic mass is 10.1. The van der Waals surface area contributed by atoms with Crippen molar-refractivity contribution in [2.75, 3.05) is 26.2 Å². The van der Waals surface area contributed by atoms with Gasteiger partial charge in [-0.25, -0.2) is 4.79 Å². The lowest BCUT2D eigenvalue weighted by Gasteiger charge is -2.33. The number of carbonyl (C=O) groups excluding carboxylic acids is 2. The van der Waals surface area contributed by atoms with Crippen LogP contribution in [0.3, 0.4) is 0 Å². The maximum absolute atomic E-state index is 12.3. The molecular weight excluding hydrogens is 356 g/mol. The van der Waals surface area contributed by atoms with E-state index >= 15 is 0 Å². The Hall–Kier alpha value is -2.86. The highest BCUT2D eigenvalue weighted by atomic mass is 16.6. The Morgan fingerprint density at radius 1 is 1.14 bits per heavy atom. The number of benzene rings is 2. The number of hydrogen-bond acceptors (Lipinski definition) is 5. The van der Waals surface area contributed by atoms with Crippen LogP contribution in [0.25, 0.3) is 0 Å². The third kappa shape index (κ3) is 5.82. The number of nitrogens with zero attached hydrogens (tertiary/aromatic N) is 1. The fourth-order valence-electron chi connectivity index (χ4n) is 3.12. The molecule has 6 nitrogen and oxygen atoms in total. The molecule has 1 N–H and O–H groups in total. The number of Topliss-reactive ketones (excluding diaryl/α,β-unsaturated/α-hetero) is 1. The van der Waals surface area contributed by atoms with Crippen molar-refractivity contribution in [1.82, 2.24) is 10.2 Å². The van der Waals surface area contributed by atoms with Gasteiger partial charge in [-0.2, -0.15) is 0 Å². The molecule has 1 amide bonds. The molecule has 1 saturated heterocycles. The zero-order valence-electron chi connectivity index (χ0n) is 16.1. The molecule has 6 heteroatoms. The molecule has 0 aromatic heterocycles. The lowest BCUT2D eigenvalue weighted by Crippen LogP contribution is -2.53. The molecule has 2 aromatic rings. The molecule has 0 unspecified atom stereocenters. The summed E-state index contributed by atoms with van der Waals surface area (Å²) in [5, 5.41) is 3.41. The van der Waals surface area contributed by atoms with Gasteiger partial charge in [-0.1, -0.05) is 42.5 Å². The second-order valence-corrected chi connectivity index (χ2v) is 6.86. The summed E-state index contributed by atoms with van der Waals surface area (Å²) in [5.41, 5.74) is 1.62.